The zero-order valence-electron chi connectivity index (χ0n) is 29.0. The van der Waals surface area contributed by atoms with Gasteiger partial charge in [-0.25, -0.2) is 4.79 Å². The van der Waals surface area contributed by atoms with Crippen LogP contribution < -0.4 is 21.5 Å². The van der Waals surface area contributed by atoms with E-state index in [2.05, 4.69) is 34.3 Å². The minimum Gasteiger partial charge on any atom is -0.420 e. The van der Waals surface area contributed by atoms with Crippen molar-refractivity contribution < 1.29 is 32.3 Å². The first-order valence-corrected chi connectivity index (χ1v) is 17.2. The number of ether oxygens (including phenoxy) is 1. The van der Waals surface area contributed by atoms with Gasteiger partial charge in [-0.3, -0.25) is 9.59 Å². The predicted molar refractivity (Wildman–Crippen MR) is 198 cm³/mol. The number of carbonyl (C=O) groups is 3. The van der Waals surface area contributed by atoms with Crippen molar-refractivity contribution in [3.63, 3.8) is 0 Å². The van der Waals surface area contributed by atoms with Gasteiger partial charge in [0.25, 0.3) is 5.91 Å². The van der Waals surface area contributed by atoms with Crippen LogP contribution in [-0.4, -0.2) is 54.5 Å². The van der Waals surface area contributed by atoms with Crippen LogP contribution in [0.3, 0.4) is 0 Å². The van der Waals surface area contributed by atoms with Crippen molar-refractivity contribution in [1.82, 2.24) is 10.2 Å². The molecule has 5 N–H and O–H groups in total. The van der Waals surface area contributed by atoms with E-state index in [-0.39, 0.29) is 36.4 Å². The molecule has 0 aliphatic carbocycles. The number of hydrogen-bond donors (Lipinski definition) is 3. The number of nitrogens with two attached hydrogens (primary N) is 2. The molecule has 0 radical (unpaired) electrons. The van der Waals surface area contributed by atoms with Crippen LogP contribution in [0.2, 0.25) is 0 Å². The lowest BCUT2D eigenvalue weighted by Crippen LogP contribution is -2.45. The maximum Gasteiger partial charge on any atom is 0.491 e. The number of nitrogens with zero attached hydrogens (tertiary/aromatic N) is 1. The molecule has 5 aromatic rings. The monoisotopic (exact) mass is 722 g/mol. The summed E-state index contributed by atoms with van der Waals surface area (Å²) in [5, 5.41) is 2.83. The molecule has 0 aliphatic rings. The summed E-state index contributed by atoms with van der Waals surface area (Å²) in [5.74, 6) is -3.16. The van der Waals surface area contributed by atoms with E-state index in [1.165, 1.54) is 24.3 Å². The van der Waals surface area contributed by atoms with E-state index < -0.39 is 18.2 Å². The molecular formula is C42H41F3N4O4. The molecule has 5 rings (SSSR count). The standard InChI is InChI=1S/C42H41F3N4O4/c43-42(44,45)41(52)53-34-20-18-29(19-21-34)27-38(47)40(51)49(25-22-35(31-11-3-1-4-12-31)32-13-5-2-6-14-32)28-30-10-9-15-33(26-30)36-16-7-8-17-37(36)39(50)48-24-23-46/h1-21,26,35,38H,22-25,27-28,46-47H2,(H,48,50)/t38-/m0/s1. The Hall–Kier alpha value is -5.78. The highest BCUT2D eigenvalue weighted by Gasteiger charge is 2.41. The molecule has 0 fully saturated rings. The number of halogens is 3. The predicted octanol–water partition coefficient (Wildman–Crippen LogP) is 6.63. The number of alkyl halides is 3. The second kappa shape index (κ2) is 18.1. The lowest BCUT2D eigenvalue weighted by molar-refractivity contribution is -0.189. The van der Waals surface area contributed by atoms with Gasteiger partial charge in [-0.2, -0.15) is 13.2 Å². The minimum atomic E-state index is -5.13. The van der Waals surface area contributed by atoms with E-state index in [1.807, 2.05) is 72.8 Å². The Morgan fingerprint density at radius 2 is 1.38 bits per heavy atom. The quantitative estimate of drug-likeness (QED) is 0.0823. The van der Waals surface area contributed by atoms with Crippen LogP contribution in [0.5, 0.6) is 5.75 Å². The Bertz CT molecular complexity index is 1930. The number of nitrogens with one attached hydrogen (secondary N) is 1. The molecule has 5 aromatic carbocycles. The van der Waals surface area contributed by atoms with Gasteiger partial charge in [0.1, 0.15) is 5.75 Å². The smallest absolute Gasteiger partial charge is 0.420 e. The van der Waals surface area contributed by atoms with Crippen molar-refractivity contribution in [2.45, 2.75) is 37.5 Å². The van der Waals surface area contributed by atoms with E-state index in [1.54, 1.807) is 17.0 Å². The summed E-state index contributed by atoms with van der Waals surface area (Å²) in [5.41, 5.74) is 17.8. The summed E-state index contributed by atoms with van der Waals surface area (Å²) in [7, 11) is 0. The van der Waals surface area contributed by atoms with Crippen LogP contribution in [0.25, 0.3) is 11.1 Å². The molecule has 2 amide bonds. The van der Waals surface area contributed by atoms with Crippen molar-refractivity contribution in [1.29, 1.82) is 0 Å². The lowest BCUT2D eigenvalue weighted by atomic mass is 9.88. The van der Waals surface area contributed by atoms with Gasteiger partial charge < -0.3 is 26.4 Å². The Kier molecular flexibility index (Phi) is 13.1. The van der Waals surface area contributed by atoms with Gasteiger partial charge in [-0.15, -0.1) is 0 Å². The third-order valence-corrected chi connectivity index (χ3v) is 8.75. The van der Waals surface area contributed by atoms with Crippen LogP contribution >= 0.6 is 0 Å². The zero-order chi connectivity index (χ0) is 37.8. The molecule has 0 aliphatic heterocycles. The topological polar surface area (TPSA) is 128 Å². The van der Waals surface area contributed by atoms with Gasteiger partial charge in [0.05, 0.1) is 6.04 Å². The highest BCUT2D eigenvalue weighted by molar-refractivity contribution is 6.00. The molecule has 0 aromatic heterocycles. The Morgan fingerprint density at radius 1 is 0.755 bits per heavy atom. The number of benzene rings is 5. The first kappa shape index (κ1) is 38.5. The summed E-state index contributed by atoms with van der Waals surface area (Å²) in [6.07, 6.45) is -4.44. The normalized spacial score (nSPS) is 11.9. The first-order valence-electron chi connectivity index (χ1n) is 17.2. The van der Waals surface area contributed by atoms with Crippen molar-refractivity contribution in [3.8, 4) is 16.9 Å². The molecule has 8 nitrogen and oxygen atoms in total. The van der Waals surface area contributed by atoms with E-state index in [9.17, 15) is 27.6 Å². The average molecular weight is 723 g/mol. The van der Waals surface area contributed by atoms with Crippen LogP contribution in [-0.2, 0) is 22.6 Å². The van der Waals surface area contributed by atoms with E-state index in [4.69, 9.17) is 11.5 Å². The van der Waals surface area contributed by atoms with Crippen molar-refractivity contribution in [3.05, 3.63) is 161 Å². The summed E-state index contributed by atoms with van der Waals surface area (Å²) in [6.45, 7) is 1.24. The molecule has 0 saturated carbocycles. The van der Waals surface area contributed by atoms with E-state index in [0.29, 0.717) is 37.2 Å². The third kappa shape index (κ3) is 10.6. The van der Waals surface area contributed by atoms with Gasteiger partial charge in [0.15, 0.2) is 0 Å². The molecule has 0 heterocycles. The van der Waals surface area contributed by atoms with Gasteiger partial charge >= 0.3 is 12.1 Å². The summed E-state index contributed by atoms with van der Waals surface area (Å²) < 4.78 is 42.4. The first-order chi connectivity index (χ1) is 25.5. The summed E-state index contributed by atoms with van der Waals surface area (Å²) in [4.78, 5) is 40.1. The molecule has 0 unspecified atom stereocenters. The summed E-state index contributed by atoms with van der Waals surface area (Å²) >= 11 is 0. The SMILES string of the molecule is NCCNC(=O)c1ccccc1-c1cccc(CN(CCC(c2ccccc2)c2ccccc2)C(=O)[C@@H](N)Cc2ccc(OC(=O)C(F)(F)F)cc2)c1. The zero-order valence-corrected chi connectivity index (χ0v) is 29.0. The van der Waals surface area contributed by atoms with E-state index in [0.717, 1.165) is 27.8 Å². The average Bonchev–Trinajstić information content (AvgIpc) is 3.17. The number of amides is 2. The molecular weight excluding hydrogens is 681 g/mol. The molecule has 0 bridgehead atoms. The second-order valence-corrected chi connectivity index (χ2v) is 12.6. The molecule has 0 spiro atoms. The number of rotatable bonds is 15. The minimum absolute atomic E-state index is 0.0129. The molecule has 274 valence electrons. The fraction of sp³-hybridized carbons (Fsp3) is 0.214. The molecule has 11 heteroatoms. The second-order valence-electron chi connectivity index (χ2n) is 12.6. The number of hydrogen-bond acceptors (Lipinski definition) is 6. The largest absolute Gasteiger partial charge is 0.491 e. The van der Waals surface area contributed by atoms with Gasteiger partial charge in [0, 0.05) is 37.7 Å². The molecule has 0 saturated heterocycles. The van der Waals surface area contributed by atoms with E-state index >= 15 is 0 Å². The summed E-state index contributed by atoms with van der Waals surface area (Å²) in [6, 6.07) is 39.5. The number of carbonyl (C=O) groups excluding carboxylic acids is 3. The van der Waals surface area contributed by atoms with Crippen LogP contribution in [0, 0.1) is 0 Å². The third-order valence-electron chi connectivity index (χ3n) is 8.75. The fourth-order valence-electron chi connectivity index (χ4n) is 6.15. The Balaban J connectivity index is 1.41. The van der Waals surface area contributed by atoms with Crippen molar-refractivity contribution in [2.24, 2.45) is 11.5 Å². The molecule has 1 atom stereocenters. The maximum atomic E-state index is 14.2. The Morgan fingerprint density at radius 3 is 2.00 bits per heavy atom. The van der Waals surface area contributed by atoms with Gasteiger partial charge in [-0.05, 0) is 70.5 Å². The maximum absolute atomic E-state index is 14.2. The van der Waals surface area contributed by atoms with Crippen molar-refractivity contribution in [2.75, 3.05) is 19.6 Å². The Labute approximate surface area is 306 Å². The number of esters is 1. The van der Waals surface area contributed by atoms with Gasteiger partial charge in [-0.1, -0.05) is 109 Å². The van der Waals surface area contributed by atoms with Crippen LogP contribution in [0.1, 0.15) is 45.0 Å². The van der Waals surface area contributed by atoms with Gasteiger partial charge in [0.2, 0.25) is 5.91 Å². The fourth-order valence-corrected chi connectivity index (χ4v) is 6.15. The highest BCUT2D eigenvalue weighted by atomic mass is 19.4. The van der Waals surface area contributed by atoms with Crippen LogP contribution in [0.15, 0.2) is 133 Å². The van der Waals surface area contributed by atoms with Crippen molar-refractivity contribution >= 4 is 17.8 Å². The van der Waals surface area contributed by atoms with Crippen LogP contribution in [0.4, 0.5) is 13.2 Å². The highest BCUT2D eigenvalue weighted by Crippen LogP contribution is 2.30. The molecule has 53 heavy (non-hydrogen) atoms. The lowest BCUT2D eigenvalue weighted by Gasteiger charge is -2.29.